The smallest absolute Gasteiger partial charge is 0.269 e. The van der Waals surface area contributed by atoms with Gasteiger partial charge in [-0.05, 0) is 60.9 Å². The van der Waals surface area contributed by atoms with E-state index < -0.39 is 11.5 Å². The molecule has 0 fully saturated rings. The van der Waals surface area contributed by atoms with E-state index in [1.165, 1.54) is 10.5 Å². The lowest BCUT2D eigenvalue weighted by molar-refractivity contribution is -0.117. The summed E-state index contributed by atoms with van der Waals surface area (Å²) in [5.41, 5.74) is 1.49. The van der Waals surface area contributed by atoms with Gasteiger partial charge in [0.05, 0.1) is 0 Å². The second-order valence-electron chi connectivity index (χ2n) is 7.74. The van der Waals surface area contributed by atoms with Crippen LogP contribution in [0.15, 0.2) is 83.3 Å². The maximum Gasteiger partial charge on any atom is 0.269 e. The van der Waals surface area contributed by atoms with Crippen LogP contribution in [0.25, 0.3) is 11.7 Å². The summed E-state index contributed by atoms with van der Waals surface area (Å²) in [5.74, 6) is -0.193. The van der Waals surface area contributed by atoms with Crippen molar-refractivity contribution in [2.24, 2.45) is 0 Å². The minimum absolute atomic E-state index is 0.0175. The maximum absolute atomic E-state index is 13.3. The van der Waals surface area contributed by atoms with Gasteiger partial charge < -0.3 is 10.1 Å². The number of hydrogen-bond donors (Lipinski definition) is 1. The molecule has 2 aromatic heterocycles. The Hall–Kier alpha value is -4.41. The molecule has 0 unspecified atom stereocenters. The molecule has 0 atom stereocenters. The Balaban J connectivity index is 1.68. The molecule has 0 aliphatic carbocycles. The van der Waals surface area contributed by atoms with Crippen LogP contribution in [0.2, 0.25) is 5.02 Å². The molecular weight excluding hydrogens is 464 g/mol. The summed E-state index contributed by atoms with van der Waals surface area (Å²) in [5, 5.41) is 13.0. The topological polar surface area (TPSA) is 96.5 Å². The standard InChI is InChI=1S/C27H21ClN4O3/c1-18-15-21(10-11-23(18)28)35-26-22(27(34)32-14-6-5-9-24(32)31-26)16-20(17-29)25(33)30-13-12-19-7-3-2-4-8-19/h2-11,14-16H,12-13H2,1H3,(H,30,33). The van der Waals surface area contributed by atoms with Gasteiger partial charge in [-0.3, -0.25) is 14.0 Å². The van der Waals surface area contributed by atoms with Gasteiger partial charge in [-0.25, -0.2) is 0 Å². The number of carbonyl (C=O) groups is 1. The van der Waals surface area contributed by atoms with Gasteiger partial charge in [0.15, 0.2) is 0 Å². The van der Waals surface area contributed by atoms with Crippen molar-refractivity contribution in [2.75, 3.05) is 6.54 Å². The molecule has 7 nitrogen and oxygen atoms in total. The normalized spacial score (nSPS) is 11.2. The Labute approximate surface area is 206 Å². The van der Waals surface area contributed by atoms with Gasteiger partial charge in [-0.2, -0.15) is 10.2 Å². The number of pyridine rings is 1. The fourth-order valence-electron chi connectivity index (χ4n) is 3.43. The van der Waals surface area contributed by atoms with Crippen molar-refractivity contribution in [1.29, 1.82) is 5.26 Å². The molecule has 0 saturated carbocycles. The Morgan fingerprint density at radius 3 is 2.69 bits per heavy atom. The molecule has 174 valence electrons. The summed E-state index contributed by atoms with van der Waals surface area (Å²) in [4.78, 5) is 30.4. The van der Waals surface area contributed by atoms with Crippen molar-refractivity contribution in [3.63, 3.8) is 0 Å². The van der Waals surface area contributed by atoms with E-state index in [1.807, 2.05) is 43.3 Å². The SMILES string of the molecule is Cc1cc(Oc2nc3ccccn3c(=O)c2C=C(C#N)C(=O)NCCc2ccccc2)ccc1Cl. The highest BCUT2D eigenvalue weighted by molar-refractivity contribution is 6.31. The molecule has 0 spiro atoms. The highest BCUT2D eigenvalue weighted by atomic mass is 35.5. The summed E-state index contributed by atoms with van der Waals surface area (Å²) < 4.78 is 7.26. The molecule has 0 aliphatic heterocycles. The molecule has 4 rings (SSSR count). The first-order valence-electron chi connectivity index (χ1n) is 10.9. The van der Waals surface area contributed by atoms with Crippen molar-refractivity contribution in [1.82, 2.24) is 14.7 Å². The lowest BCUT2D eigenvalue weighted by Crippen LogP contribution is -2.27. The number of rotatable bonds is 7. The first-order valence-corrected chi connectivity index (χ1v) is 11.2. The van der Waals surface area contributed by atoms with Gasteiger partial charge in [0.2, 0.25) is 5.88 Å². The van der Waals surface area contributed by atoms with Crippen molar-refractivity contribution < 1.29 is 9.53 Å². The zero-order chi connectivity index (χ0) is 24.8. The number of carbonyl (C=O) groups excluding carboxylic acids is 1. The molecule has 4 aromatic rings. The predicted molar refractivity (Wildman–Crippen MR) is 134 cm³/mol. The number of halogens is 1. The predicted octanol–water partition coefficient (Wildman–Crippen LogP) is 4.71. The van der Waals surface area contributed by atoms with Crippen molar-refractivity contribution in [3.05, 3.63) is 111 Å². The summed E-state index contributed by atoms with van der Waals surface area (Å²) in [7, 11) is 0. The van der Waals surface area contributed by atoms with Crippen LogP contribution in [-0.4, -0.2) is 21.8 Å². The number of aryl methyl sites for hydroxylation is 1. The van der Waals surface area contributed by atoms with Crippen molar-refractivity contribution in [3.8, 4) is 17.7 Å². The zero-order valence-electron chi connectivity index (χ0n) is 18.9. The van der Waals surface area contributed by atoms with E-state index in [9.17, 15) is 14.9 Å². The van der Waals surface area contributed by atoms with Crippen LogP contribution < -0.4 is 15.6 Å². The fraction of sp³-hybridized carbons (Fsp3) is 0.111. The van der Waals surface area contributed by atoms with Crippen LogP contribution in [0.4, 0.5) is 0 Å². The Morgan fingerprint density at radius 2 is 1.94 bits per heavy atom. The Bertz CT molecular complexity index is 1520. The van der Waals surface area contributed by atoms with E-state index in [1.54, 1.807) is 42.6 Å². The number of nitriles is 1. The Kier molecular flexibility index (Phi) is 7.24. The molecule has 2 aromatic carbocycles. The quantitative estimate of drug-likeness (QED) is 0.302. The monoisotopic (exact) mass is 484 g/mol. The molecule has 0 bridgehead atoms. The van der Waals surface area contributed by atoms with Gasteiger partial charge in [0, 0.05) is 17.8 Å². The highest BCUT2D eigenvalue weighted by Gasteiger charge is 2.17. The van der Waals surface area contributed by atoms with Crippen LogP contribution >= 0.6 is 11.6 Å². The first-order chi connectivity index (χ1) is 17.0. The number of fused-ring (bicyclic) bond motifs is 1. The highest BCUT2D eigenvalue weighted by Crippen LogP contribution is 2.27. The molecule has 0 saturated heterocycles. The second kappa shape index (κ2) is 10.7. The van der Waals surface area contributed by atoms with Gasteiger partial charge in [0.25, 0.3) is 11.5 Å². The lowest BCUT2D eigenvalue weighted by Gasteiger charge is -2.11. The largest absolute Gasteiger partial charge is 0.438 e. The molecule has 35 heavy (non-hydrogen) atoms. The van der Waals surface area contributed by atoms with Crippen LogP contribution in [0.1, 0.15) is 16.7 Å². The second-order valence-corrected chi connectivity index (χ2v) is 8.15. The number of benzene rings is 2. The van der Waals surface area contributed by atoms with Gasteiger partial charge in [-0.15, -0.1) is 0 Å². The van der Waals surface area contributed by atoms with Crippen molar-refractivity contribution >= 4 is 29.2 Å². The minimum Gasteiger partial charge on any atom is -0.438 e. The fourth-order valence-corrected chi connectivity index (χ4v) is 3.55. The first kappa shape index (κ1) is 23.7. The number of aromatic nitrogens is 2. The van der Waals surface area contributed by atoms with E-state index >= 15 is 0 Å². The Morgan fingerprint density at radius 1 is 1.17 bits per heavy atom. The molecule has 1 N–H and O–H groups in total. The number of amides is 1. The molecule has 2 heterocycles. The van der Waals surface area contributed by atoms with E-state index in [4.69, 9.17) is 16.3 Å². The average Bonchev–Trinajstić information content (AvgIpc) is 2.87. The molecule has 0 radical (unpaired) electrons. The number of nitrogens with zero attached hydrogens (tertiary/aromatic N) is 3. The summed E-state index contributed by atoms with van der Waals surface area (Å²) in [6.45, 7) is 2.16. The van der Waals surface area contributed by atoms with E-state index in [0.717, 1.165) is 11.1 Å². The number of nitrogens with one attached hydrogen (secondary N) is 1. The lowest BCUT2D eigenvalue weighted by atomic mass is 10.1. The average molecular weight is 485 g/mol. The van der Waals surface area contributed by atoms with Crippen LogP contribution in [0, 0.1) is 18.3 Å². The molecule has 1 amide bonds. The molecule has 8 heteroatoms. The van der Waals surface area contributed by atoms with Gasteiger partial charge >= 0.3 is 0 Å². The van der Waals surface area contributed by atoms with Crippen LogP contribution in [0.5, 0.6) is 11.6 Å². The zero-order valence-corrected chi connectivity index (χ0v) is 19.6. The molecule has 0 aliphatic rings. The summed E-state index contributed by atoms with van der Waals surface area (Å²) in [6, 6.07) is 21.7. The number of ether oxygens (including phenoxy) is 1. The number of hydrogen-bond acceptors (Lipinski definition) is 5. The van der Waals surface area contributed by atoms with Crippen LogP contribution in [0.3, 0.4) is 0 Å². The van der Waals surface area contributed by atoms with E-state index in [2.05, 4.69) is 10.3 Å². The van der Waals surface area contributed by atoms with Gasteiger partial charge in [0.1, 0.15) is 28.6 Å². The maximum atomic E-state index is 13.3. The molecular formula is C27H21ClN4O3. The summed E-state index contributed by atoms with van der Waals surface area (Å²) in [6.07, 6.45) is 3.38. The van der Waals surface area contributed by atoms with E-state index in [0.29, 0.717) is 29.4 Å². The van der Waals surface area contributed by atoms with Crippen LogP contribution in [-0.2, 0) is 11.2 Å². The minimum atomic E-state index is -0.589. The van der Waals surface area contributed by atoms with Gasteiger partial charge in [-0.1, -0.05) is 48.0 Å². The third-order valence-corrected chi connectivity index (χ3v) is 5.70. The third kappa shape index (κ3) is 5.57. The third-order valence-electron chi connectivity index (χ3n) is 5.27. The van der Waals surface area contributed by atoms with Crippen molar-refractivity contribution in [2.45, 2.75) is 13.3 Å². The van der Waals surface area contributed by atoms with E-state index in [-0.39, 0.29) is 17.0 Å². The summed E-state index contributed by atoms with van der Waals surface area (Å²) >= 11 is 6.11.